The van der Waals surface area contributed by atoms with Crippen LogP contribution in [0.4, 0.5) is 4.79 Å². The third-order valence-electron chi connectivity index (χ3n) is 9.43. The molecule has 3 aromatic carbocycles. The normalized spacial score (nSPS) is 20.9. The minimum absolute atomic E-state index is 0.194. The maximum absolute atomic E-state index is 13.2. The molecule has 1 saturated carbocycles. The number of hydrogen-bond donors (Lipinski definition) is 0. The minimum atomic E-state index is -0.199. The van der Waals surface area contributed by atoms with Gasteiger partial charge in [-0.2, -0.15) is 0 Å². The van der Waals surface area contributed by atoms with Gasteiger partial charge in [-0.05, 0) is 60.6 Å². The van der Waals surface area contributed by atoms with Gasteiger partial charge < -0.3 is 19.4 Å². The SMILES string of the molecule is CCCN(C(=O)OCc1ccccc1)C1CCN(CC2CC(N(C)C(=O)Cc3ccccc3)CC2c2ccccc2)CC1. The van der Waals surface area contributed by atoms with Gasteiger partial charge in [-0.3, -0.25) is 4.79 Å². The number of amides is 2. The summed E-state index contributed by atoms with van der Waals surface area (Å²) in [6, 6.07) is 31.2. The van der Waals surface area contributed by atoms with E-state index in [0.29, 0.717) is 24.9 Å². The van der Waals surface area contributed by atoms with Crippen molar-refractivity contribution in [2.45, 2.75) is 70.1 Å². The highest BCUT2D eigenvalue weighted by molar-refractivity contribution is 5.78. The van der Waals surface area contributed by atoms with Gasteiger partial charge in [-0.15, -0.1) is 0 Å². The highest BCUT2D eigenvalue weighted by Gasteiger charge is 2.39. The number of likely N-dealkylation sites (tertiary alicyclic amines) is 1. The van der Waals surface area contributed by atoms with E-state index in [2.05, 4.69) is 42.2 Å². The predicted octanol–water partition coefficient (Wildman–Crippen LogP) is 6.76. The second-order valence-electron chi connectivity index (χ2n) is 12.3. The quantitative estimate of drug-likeness (QED) is 0.251. The topological polar surface area (TPSA) is 53.1 Å². The van der Waals surface area contributed by atoms with Gasteiger partial charge in [0.15, 0.2) is 0 Å². The number of benzene rings is 3. The summed E-state index contributed by atoms with van der Waals surface area (Å²) in [6.45, 7) is 6.13. The lowest BCUT2D eigenvalue weighted by molar-refractivity contribution is -0.131. The van der Waals surface area contributed by atoms with Gasteiger partial charge in [0.2, 0.25) is 5.91 Å². The molecule has 228 valence electrons. The first-order valence-electron chi connectivity index (χ1n) is 16.1. The Morgan fingerprint density at radius 1 is 0.814 bits per heavy atom. The summed E-state index contributed by atoms with van der Waals surface area (Å²) in [6.07, 6.45) is 5.10. The summed E-state index contributed by atoms with van der Waals surface area (Å²) in [5.74, 6) is 1.11. The summed E-state index contributed by atoms with van der Waals surface area (Å²) in [5.41, 5.74) is 3.46. The molecule has 2 aliphatic rings. The van der Waals surface area contributed by atoms with Crippen molar-refractivity contribution in [3.63, 3.8) is 0 Å². The fraction of sp³-hybridized carbons (Fsp3) is 0.459. The van der Waals surface area contributed by atoms with E-state index in [4.69, 9.17) is 4.74 Å². The molecule has 0 bridgehead atoms. The number of carbonyl (C=O) groups excluding carboxylic acids is 2. The molecule has 5 rings (SSSR count). The van der Waals surface area contributed by atoms with Gasteiger partial charge in [0.25, 0.3) is 0 Å². The van der Waals surface area contributed by atoms with Gasteiger partial charge >= 0.3 is 6.09 Å². The molecule has 3 aromatic rings. The molecule has 1 aliphatic carbocycles. The molecule has 0 aromatic heterocycles. The van der Waals surface area contributed by atoms with Crippen molar-refractivity contribution in [1.29, 1.82) is 0 Å². The second kappa shape index (κ2) is 15.2. The number of likely N-dealkylation sites (N-methyl/N-ethyl adjacent to an activating group) is 1. The Morgan fingerprint density at radius 3 is 2.05 bits per heavy atom. The van der Waals surface area contributed by atoms with E-state index in [-0.39, 0.29) is 24.1 Å². The van der Waals surface area contributed by atoms with Crippen molar-refractivity contribution in [1.82, 2.24) is 14.7 Å². The van der Waals surface area contributed by atoms with Gasteiger partial charge in [0, 0.05) is 45.3 Å². The lowest BCUT2D eigenvalue weighted by atomic mass is 9.88. The Hall–Kier alpha value is -3.64. The van der Waals surface area contributed by atoms with Gasteiger partial charge in [0.05, 0.1) is 6.42 Å². The molecule has 3 unspecified atom stereocenters. The third-order valence-corrected chi connectivity index (χ3v) is 9.43. The van der Waals surface area contributed by atoms with Crippen LogP contribution in [-0.2, 0) is 22.6 Å². The van der Waals surface area contributed by atoms with Crippen LogP contribution in [0.1, 0.15) is 61.6 Å². The number of hydrogen-bond acceptors (Lipinski definition) is 4. The number of piperidine rings is 1. The van der Waals surface area contributed by atoms with Crippen molar-refractivity contribution in [2.75, 3.05) is 33.2 Å². The molecule has 1 aliphatic heterocycles. The lowest BCUT2D eigenvalue weighted by Crippen LogP contribution is -2.48. The molecule has 0 spiro atoms. The largest absolute Gasteiger partial charge is 0.445 e. The molecule has 1 heterocycles. The highest BCUT2D eigenvalue weighted by atomic mass is 16.6. The van der Waals surface area contributed by atoms with Crippen LogP contribution >= 0.6 is 0 Å². The summed E-state index contributed by atoms with van der Waals surface area (Å²) in [4.78, 5) is 32.9. The average molecular weight is 582 g/mol. The van der Waals surface area contributed by atoms with E-state index in [1.807, 2.05) is 77.5 Å². The van der Waals surface area contributed by atoms with Crippen LogP contribution in [-0.4, -0.2) is 72.0 Å². The Kier molecular flexibility index (Phi) is 10.9. The Bertz CT molecular complexity index is 1280. The number of rotatable bonds is 11. The Balaban J connectivity index is 1.18. The number of carbonyl (C=O) groups is 2. The predicted molar refractivity (Wildman–Crippen MR) is 172 cm³/mol. The van der Waals surface area contributed by atoms with Crippen LogP contribution in [0.15, 0.2) is 91.0 Å². The highest BCUT2D eigenvalue weighted by Crippen LogP contribution is 2.42. The zero-order valence-corrected chi connectivity index (χ0v) is 25.8. The average Bonchev–Trinajstić information content (AvgIpc) is 3.47. The van der Waals surface area contributed by atoms with Gasteiger partial charge in [-0.25, -0.2) is 4.79 Å². The molecule has 1 saturated heterocycles. The smallest absolute Gasteiger partial charge is 0.410 e. The van der Waals surface area contributed by atoms with Gasteiger partial charge in [-0.1, -0.05) is 97.9 Å². The standard InChI is InChI=1S/C37H47N3O3/c1-3-21-40(37(42)43-28-30-15-9-5-10-16-30)33-19-22-39(23-20-33)27-32-25-34(26-35(32)31-17-11-6-12-18-31)38(2)36(41)24-29-13-7-4-8-14-29/h4-18,32-35H,3,19-28H2,1-2H3. The molecular formula is C37H47N3O3. The fourth-order valence-electron chi connectivity index (χ4n) is 7.03. The van der Waals surface area contributed by atoms with Crippen LogP contribution < -0.4 is 0 Å². The molecule has 6 nitrogen and oxygen atoms in total. The van der Waals surface area contributed by atoms with E-state index in [0.717, 1.165) is 69.4 Å². The molecule has 43 heavy (non-hydrogen) atoms. The fourth-order valence-corrected chi connectivity index (χ4v) is 7.03. The van der Waals surface area contributed by atoms with E-state index >= 15 is 0 Å². The lowest BCUT2D eigenvalue weighted by Gasteiger charge is -2.39. The van der Waals surface area contributed by atoms with Crippen LogP contribution in [0.2, 0.25) is 0 Å². The third kappa shape index (κ3) is 8.26. The van der Waals surface area contributed by atoms with Crippen LogP contribution in [0, 0.1) is 5.92 Å². The van der Waals surface area contributed by atoms with Crippen molar-refractivity contribution >= 4 is 12.0 Å². The maximum Gasteiger partial charge on any atom is 0.410 e. The summed E-state index contributed by atoms with van der Waals surface area (Å²) >= 11 is 0. The maximum atomic E-state index is 13.2. The number of ether oxygens (including phenoxy) is 1. The molecule has 2 fully saturated rings. The van der Waals surface area contributed by atoms with E-state index in [1.165, 1.54) is 5.56 Å². The molecule has 3 atom stereocenters. The summed E-state index contributed by atoms with van der Waals surface area (Å²) in [5, 5.41) is 0. The first-order chi connectivity index (χ1) is 21.0. The molecule has 6 heteroatoms. The van der Waals surface area contributed by atoms with E-state index in [9.17, 15) is 9.59 Å². The number of nitrogens with zero attached hydrogens (tertiary/aromatic N) is 3. The van der Waals surface area contributed by atoms with Gasteiger partial charge in [0.1, 0.15) is 6.61 Å². The molecule has 0 radical (unpaired) electrons. The van der Waals surface area contributed by atoms with Crippen LogP contribution in [0.25, 0.3) is 0 Å². The van der Waals surface area contributed by atoms with Crippen molar-refractivity contribution in [3.8, 4) is 0 Å². The Labute approximate surface area is 257 Å². The first-order valence-corrected chi connectivity index (χ1v) is 16.1. The zero-order valence-electron chi connectivity index (χ0n) is 25.8. The summed E-state index contributed by atoms with van der Waals surface area (Å²) in [7, 11) is 1.99. The first kappa shape index (κ1) is 30.8. The molecular weight excluding hydrogens is 534 g/mol. The van der Waals surface area contributed by atoms with Crippen molar-refractivity contribution in [2.24, 2.45) is 5.92 Å². The second-order valence-corrected chi connectivity index (χ2v) is 12.3. The molecule has 0 N–H and O–H groups in total. The zero-order chi connectivity index (χ0) is 30.0. The van der Waals surface area contributed by atoms with Crippen molar-refractivity contribution < 1.29 is 14.3 Å². The van der Waals surface area contributed by atoms with E-state index in [1.54, 1.807) is 0 Å². The van der Waals surface area contributed by atoms with Crippen molar-refractivity contribution in [3.05, 3.63) is 108 Å². The summed E-state index contributed by atoms with van der Waals surface area (Å²) < 4.78 is 5.73. The molecule has 2 amide bonds. The monoisotopic (exact) mass is 581 g/mol. The van der Waals surface area contributed by atoms with Crippen LogP contribution in [0.5, 0.6) is 0 Å². The van der Waals surface area contributed by atoms with E-state index < -0.39 is 0 Å². The minimum Gasteiger partial charge on any atom is -0.445 e. The van der Waals surface area contributed by atoms with Crippen LogP contribution in [0.3, 0.4) is 0 Å². The Morgan fingerprint density at radius 2 is 1.42 bits per heavy atom.